The summed E-state index contributed by atoms with van der Waals surface area (Å²) in [6.45, 7) is 3.15. The van der Waals surface area contributed by atoms with Crippen molar-refractivity contribution in [1.82, 2.24) is 10.2 Å². The van der Waals surface area contributed by atoms with E-state index in [9.17, 15) is 9.59 Å². The molecule has 3 rings (SSSR count). The van der Waals surface area contributed by atoms with E-state index in [0.717, 1.165) is 30.6 Å². The van der Waals surface area contributed by atoms with Gasteiger partial charge in [-0.3, -0.25) is 4.79 Å². The van der Waals surface area contributed by atoms with Crippen LogP contribution < -0.4 is 15.4 Å². The molecule has 0 bridgehead atoms. The van der Waals surface area contributed by atoms with E-state index in [4.69, 9.17) is 4.74 Å². The Morgan fingerprint density at radius 2 is 1.93 bits per heavy atom. The molecule has 28 heavy (non-hydrogen) atoms. The van der Waals surface area contributed by atoms with E-state index in [1.807, 2.05) is 31.2 Å². The summed E-state index contributed by atoms with van der Waals surface area (Å²) < 4.78 is 5.78. The Bertz CT molecular complexity index is 833. The molecule has 3 amide bonds. The zero-order chi connectivity index (χ0) is 19.9. The Morgan fingerprint density at radius 3 is 2.68 bits per heavy atom. The number of nitrogens with one attached hydrogen (secondary N) is 2. The molecule has 2 aromatic rings. The van der Waals surface area contributed by atoms with Gasteiger partial charge >= 0.3 is 6.03 Å². The van der Waals surface area contributed by atoms with Crippen LogP contribution in [0, 0.1) is 6.92 Å². The smallest absolute Gasteiger partial charge is 0.319 e. The molecule has 0 heterocycles. The molecule has 0 saturated heterocycles. The van der Waals surface area contributed by atoms with Crippen molar-refractivity contribution in [2.24, 2.45) is 0 Å². The molecule has 1 aliphatic rings. The van der Waals surface area contributed by atoms with Crippen molar-refractivity contribution in [2.45, 2.75) is 32.2 Å². The molecular weight excluding hydrogens is 354 g/mol. The van der Waals surface area contributed by atoms with Crippen LogP contribution in [0.3, 0.4) is 0 Å². The predicted octanol–water partition coefficient (Wildman–Crippen LogP) is 3.82. The van der Waals surface area contributed by atoms with Crippen LogP contribution in [0.1, 0.15) is 35.2 Å². The standard InChI is InChI=1S/C22H27N3O3/c1-16-7-3-4-10-20(16)28-14-6-13-25(2)21(26)17-8-5-9-19(15-17)24-22(27)23-18-11-12-18/h3-5,7-10,15,18H,6,11-14H2,1-2H3,(H2,23,24,27). The van der Waals surface area contributed by atoms with Crippen LogP contribution in [-0.4, -0.2) is 43.1 Å². The summed E-state index contributed by atoms with van der Waals surface area (Å²) in [7, 11) is 1.77. The Kier molecular flexibility index (Phi) is 6.53. The van der Waals surface area contributed by atoms with Crippen LogP contribution in [0.15, 0.2) is 48.5 Å². The van der Waals surface area contributed by atoms with Gasteiger partial charge in [0.05, 0.1) is 6.61 Å². The summed E-state index contributed by atoms with van der Waals surface area (Å²) in [6.07, 6.45) is 2.80. The lowest BCUT2D eigenvalue weighted by Gasteiger charge is -2.18. The van der Waals surface area contributed by atoms with E-state index in [1.165, 1.54) is 0 Å². The summed E-state index contributed by atoms with van der Waals surface area (Å²) in [5, 5.41) is 5.65. The van der Waals surface area contributed by atoms with Crippen molar-refractivity contribution >= 4 is 17.6 Å². The van der Waals surface area contributed by atoms with Gasteiger partial charge in [-0.05, 0) is 56.0 Å². The normalized spacial score (nSPS) is 12.9. The molecule has 148 valence electrons. The lowest BCUT2D eigenvalue weighted by atomic mass is 10.1. The summed E-state index contributed by atoms with van der Waals surface area (Å²) in [6, 6.07) is 15.0. The van der Waals surface area contributed by atoms with E-state index >= 15 is 0 Å². The summed E-state index contributed by atoms with van der Waals surface area (Å²) >= 11 is 0. The molecule has 6 nitrogen and oxygen atoms in total. The molecule has 1 aliphatic carbocycles. The number of benzene rings is 2. The van der Waals surface area contributed by atoms with Gasteiger partial charge in [0, 0.05) is 30.9 Å². The second-order valence-electron chi connectivity index (χ2n) is 7.15. The zero-order valence-electron chi connectivity index (χ0n) is 16.4. The molecule has 0 spiro atoms. The number of nitrogens with zero attached hydrogens (tertiary/aromatic N) is 1. The van der Waals surface area contributed by atoms with Gasteiger partial charge in [-0.15, -0.1) is 0 Å². The number of ether oxygens (including phenoxy) is 1. The number of rotatable bonds is 8. The van der Waals surface area contributed by atoms with E-state index in [2.05, 4.69) is 10.6 Å². The summed E-state index contributed by atoms with van der Waals surface area (Å²) in [5.41, 5.74) is 2.26. The second-order valence-corrected chi connectivity index (χ2v) is 7.15. The van der Waals surface area contributed by atoms with Gasteiger partial charge in [0.2, 0.25) is 0 Å². The molecule has 6 heteroatoms. The van der Waals surface area contributed by atoms with E-state index in [-0.39, 0.29) is 18.0 Å². The maximum atomic E-state index is 12.6. The van der Waals surface area contributed by atoms with Crippen molar-refractivity contribution in [2.75, 3.05) is 25.5 Å². The van der Waals surface area contributed by atoms with Crippen LogP contribution >= 0.6 is 0 Å². The fourth-order valence-corrected chi connectivity index (χ4v) is 2.83. The first-order chi connectivity index (χ1) is 13.5. The van der Waals surface area contributed by atoms with Gasteiger partial charge < -0.3 is 20.3 Å². The minimum Gasteiger partial charge on any atom is -0.493 e. The Hall–Kier alpha value is -3.02. The Labute approximate surface area is 165 Å². The van der Waals surface area contributed by atoms with Crippen LogP contribution in [0.25, 0.3) is 0 Å². The fraction of sp³-hybridized carbons (Fsp3) is 0.364. The molecule has 0 aliphatic heterocycles. The number of aryl methyl sites for hydroxylation is 1. The summed E-state index contributed by atoms with van der Waals surface area (Å²) in [5.74, 6) is 0.793. The number of carbonyl (C=O) groups is 2. The number of hydrogen-bond acceptors (Lipinski definition) is 3. The van der Waals surface area contributed by atoms with Gasteiger partial charge in [0.25, 0.3) is 5.91 Å². The zero-order valence-corrected chi connectivity index (χ0v) is 16.4. The van der Waals surface area contributed by atoms with Crippen LogP contribution in [-0.2, 0) is 0 Å². The van der Waals surface area contributed by atoms with Crippen molar-refractivity contribution < 1.29 is 14.3 Å². The first-order valence-electron chi connectivity index (χ1n) is 9.64. The van der Waals surface area contributed by atoms with Crippen molar-refractivity contribution in [3.63, 3.8) is 0 Å². The van der Waals surface area contributed by atoms with Gasteiger partial charge in [-0.2, -0.15) is 0 Å². The molecular formula is C22H27N3O3. The second kappa shape index (κ2) is 9.26. The third-order valence-electron chi connectivity index (χ3n) is 4.62. The quantitative estimate of drug-likeness (QED) is 0.683. The van der Waals surface area contributed by atoms with Crippen LogP contribution in [0.4, 0.5) is 10.5 Å². The van der Waals surface area contributed by atoms with Gasteiger partial charge in [0.15, 0.2) is 0 Å². The van der Waals surface area contributed by atoms with Crippen LogP contribution in [0.2, 0.25) is 0 Å². The molecule has 0 aromatic heterocycles. The number of anilines is 1. The molecule has 0 radical (unpaired) electrons. The van der Waals surface area contributed by atoms with Gasteiger partial charge in [0.1, 0.15) is 5.75 Å². The number of hydrogen-bond donors (Lipinski definition) is 2. The predicted molar refractivity (Wildman–Crippen MR) is 110 cm³/mol. The first kappa shape index (κ1) is 19.7. The summed E-state index contributed by atoms with van der Waals surface area (Å²) in [4.78, 5) is 26.2. The van der Waals surface area contributed by atoms with Crippen molar-refractivity contribution in [3.05, 3.63) is 59.7 Å². The Morgan fingerprint density at radius 1 is 1.14 bits per heavy atom. The minimum absolute atomic E-state index is 0.0813. The Balaban J connectivity index is 1.46. The molecule has 2 N–H and O–H groups in total. The highest BCUT2D eigenvalue weighted by atomic mass is 16.5. The van der Waals surface area contributed by atoms with E-state index < -0.39 is 0 Å². The number of para-hydroxylation sites is 1. The first-order valence-corrected chi connectivity index (χ1v) is 9.64. The number of amides is 3. The maximum absolute atomic E-state index is 12.6. The van der Waals surface area contributed by atoms with Gasteiger partial charge in [-0.1, -0.05) is 24.3 Å². The van der Waals surface area contributed by atoms with Crippen LogP contribution in [0.5, 0.6) is 5.75 Å². The third-order valence-corrected chi connectivity index (χ3v) is 4.62. The average molecular weight is 381 g/mol. The van der Waals surface area contributed by atoms with Crippen molar-refractivity contribution in [1.29, 1.82) is 0 Å². The number of carbonyl (C=O) groups excluding carboxylic acids is 2. The fourth-order valence-electron chi connectivity index (χ4n) is 2.83. The number of urea groups is 1. The topological polar surface area (TPSA) is 70.7 Å². The largest absolute Gasteiger partial charge is 0.493 e. The molecule has 2 aromatic carbocycles. The monoisotopic (exact) mass is 381 g/mol. The van der Waals surface area contributed by atoms with Crippen molar-refractivity contribution in [3.8, 4) is 5.75 Å². The molecule has 1 fully saturated rings. The highest BCUT2D eigenvalue weighted by molar-refractivity contribution is 5.96. The SMILES string of the molecule is Cc1ccccc1OCCCN(C)C(=O)c1cccc(NC(=O)NC2CC2)c1. The molecule has 0 unspecified atom stereocenters. The lowest BCUT2D eigenvalue weighted by molar-refractivity contribution is 0.0788. The lowest BCUT2D eigenvalue weighted by Crippen LogP contribution is -2.31. The molecule has 1 saturated carbocycles. The highest BCUT2D eigenvalue weighted by Crippen LogP contribution is 2.19. The average Bonchev–Trinajstić information content (AvgIpc) is 3.49. The van der Waals surface area contributed by atoms with Gasteiger partial charge in [-0.25, -0.2) is 4.79 Å². The third kappa shape index (κ3) is 5.74. The minimum atomic E-state index is -0.228. The van der Waals surface area contributed by atoms with E-state index in [0.29, 0.717) is 24.4 Å². The highest BCUT2D eigenvalue weighted by Gasteiger charge is 2.23. The van der Waals surface area contributed by atoms with E-state index in [1.54, 1.807) is 36.2 Å². The maximum Gasteiger partial charge on any atom is 0.319 e. The molecule has 0 atom stereocenters.